The topological polar surface area (TPSA) is 75.7 Å². The number of hydrogen-bond acceptors (Lipinski definition) is 4. The van der Waals surface area contributed by atoms with E-state index in [1.807, 2.05) is 24.3 Å². The molecule has 1 aliphatic rings. The molecule has 26 heavy (non-hydrogen) atoms. The van der Waals surface area contributed by atoms with Gasteiger partial charge in [0.1, 0.15) is 5.75 Å². The number of carbonyl (C=O) groups excluding carboxylic acids is 1. The number of anilines is 1. The monoisotopic (exact) mass is 374 g/mol. The number of methoxy groups -OCH3 is 1. The minimum absolute atomic E-state index is 0.114. The molecule has 0 saturated heterocycles. The Balaban J connectivity index is 1.72. The molecule has 7 heteroatoms. The van der Waals surface area contributed by atoms with Crippen LogP contribution in [0.3, 0.4) is 0 Å². The molecule has 138 valence electrons. The summed E-state index contributed by atoms with van der Waals surface area (Å²) in [4.78, 5) is 14.4. The van der Waals surface area contributed by atoms with Crippen LogP contribution in [0.5, 0.6) is 5.75 Å². The first-order chi connectivity index (χ1) is 12.4. The van der Waals surface area contributed by atoms with Crippen LogP contribution in [0.1, 0.15) is 17.5 Å². The summed E-state index contributed by atoms with van der Waals surface area (Å²) in [5.74, 6) is 0.357. The Morgan fingerprint density at radius 3 is 2.73 bits per heavy atom. The highest BCUT2D eigenvalue weighted by atomic mass is 32.2. The zero-order chi connectivity index (χ0) is 18.7. The number of hydrogen-bond donors (Lipinski definition) is 1. The van der Waals surface area contributed by atoms with Gasteiger partial charge in [0, 0.05) is 12.2 Å². The van der Waals surface area contributed by atoms with E-state index in [2.05, 4.69) is 4.72 Å². The third kappa shape index (κ3) is 3.73. The molecule has 0 bridgehead atoms. The van der Waals surface area contributed by atoms with Crippen LogP contribution in [-0.2, 0) is 21.2 Å². The minimum atomic E-state index is -3.77. The van der Waals surface area contributed by atoms with E-state index in [9.17, 15) is 13.2 Å². The summed E-state index contributed by atoms with van der Waals surface area (Å²) in [5.41, 5.74) is 2.69. The van der Waals surface area contributed by atoms with Crippen molar-refractivity contribution in [3.63, 3.8) is 0 Å². The normalized spacial score (nSPS) is 14.0. The van der Waals surface area contributed by atoms with Crippen molar-refractivity contribution >= 4 is 21.6 Å². The number of nitrogens with zero attached hydrogens (tertiary/aromatic N) is 1. The summed E-state index contributed by atoms with van der Waals surface area (Å²) in [7, 11) is -2.24. The number of nitrogens with one attached hydrogen (secondary N) is 1. The summed E-state index contributed by atoms with van der Waals surface area (Å²) >= 11 is 0. The third-order valence-electron chi connectivity index (χ3n) is 4.50. The number of aryl methyl sites for hydroxylation is 2. The van der Waals surface area contributed by atoms with E-state index >= 15 is 0 Å². The molecular formula is C19H22N2O4S. The van der Waals surface area contributed by atoms with Gasteiger partial charge in [0.2, 0.25) is 15.9 Å². The second-order valence-corrected chi connectivity index (χ2v) is 8.00. The van der Waals surface area contributed by atoms with Gasteiger partial charge >= 0.3 is 0 Å². The number of rotatable bonds is 5. The Morgan fingerprint density at radius 2 is 2.00 bits per heavy atom. The molecule has 2 aromatic rings. The van der Waals surface area contributed by atoms with Crippen molar-refractivity contribution in [2.24, 2.45) is 0 Å². The second-order valence-electron chi connectivity index (χ2n) is 6.23. The number of benzene rings is 2. The van der Waals surface area contributed by atoms with Gasteiger partial charge in [0.05, 0.1) is 18.6 Å². The average Bonchev–Trinajstić information content (AvgIpc) is 2.65. The summed E-state index contributed by atoms with van der Waals surface area (Å²) in [6, 6.07) is 12.3. The lowest BCUT2D eigenvalue weighted by Gasteiger charge is -2.29. The molecule has 0 aliphatic carbocycles. The van der Waals surface area contributed by atoms with Crippen molar-refractivity contribution in [2.75, 3.05) is 25.1 Å². The quantitative estimate of drug-likeness (QED) is 0.871. The van der Waals surface area contributed by atoms with Crippen LogP contribution in [-0.4, -0.2) is 34.5 Å². The Morgan fingerprint density at radius 1 is 1.23 bits per heavy atom. The highest BCUT2D eigenvalue weighted by Crippen LogP contribution is 2.26. The number of sulfonamides is 1. The first-order valence-electron chi connectivity index (χ1n) is 8.45. The Labute approximate surface area is 153 Å². The average molecular weight is 374 g/mol. The van der Waals surface area contributed by atoms with Crippen molar-refractivity contribution < 1.29 is 17.9 Å². The standard InChI is InChI=1S/C19H22N2O4S/c1-14-12-16(9-10-18(14)25-2)26(23,24)20-13-19(22)21-11-5-7-15-6-3-4-8-17(15)21/h3-4,6,8-10,12,20H,5,7,11,13H2,1-2H3. The maximum Gasteiger partial charge on any atom is 0.242 e. The van der Waals surface area contributed by atoms with Gasteiger partial charge in [-0.15, -0.1) is 0 Å². The van der Waals surface area contributed by atoms with E-state index in [1.165, 1.54) is 19.2 Å². The van der Waals surface area contributed by atoms with E-state index in [0.717, 1.165) is 24.1 Å². The first kappa shape index (κ1) is 18.4. The van der Waals surface area contributed by atoms with Gasteiger partial charge in [0.25, 0.3) is 0 Å². The summed E-state index contributed by atoms with van der Waals surface area (Å²) in [5, 5.41) is 0. The zero-order valence-electron chi connectivity index (χ0n) is 14.9. The zero-order valence-corrected chi connectivity index (χ0v) is 15.7. The second kappa shape index (κ2) is 7.47. The Hall–Kier alpha value is -2.38. The third-order valence-corrected chi connectivity index (χ3v) is 5.90. The molecule has 0 spiro atoms. The van der Waals surface area contributed by atoms with Gasteiger partial charge in [-0.25, -0.2) is 13.1 Å². The van der Waals surface area contributed by atoms with Gasteiger partial charge in [-0.2, -0.15) is 0 Å². The van der Waals surface area contributed by atoms with Crippen molar-refractivity contribution in [1.82, 2.24) is 4.72 Å². The Bertz CT molecular complexity index is 925. The van der Waals surface area contributed by atoms with Crippen LogP contribution < -0.4 is 14.4 Å². The van der Waals surface area contributed by atoms with Crippen LogP contribution in [0.4, 0.5) is 5.69 Å². The molecule has 1 N–H and O–H groups in total. The molecule has 0 unspecified atom stereocenters. The van der Waals surface area contributed by atoms with Crippen molar-refractivity contribution in [2.45, 2.75) is 24.7 Å². The van der Waals surface area contributed by atoms with Crippen LogP contribution in [0, 0.1) is 6.92 Å². The van der Waals surface area contributed by atoms with Crippen molar-refractivity contribution in [3.05, 3.63) is 53.6 Å². The van der Waals surface area contributed by atoms with Crippen LogP contribution >= 0.6 is 0 Å². The van der Waals surface area contributed by atoms with Gasteiger partial charge in [-0.1, -0.05) is 18.2 Å². The summed E-state index contributed by atoms with van der Waals surface area (Å²) in [6.45, 7) is 2.09. The van der Waals surface area contributed by atoms with Gasteiger partial charge < -0.3 is 9.64 Å². The lowest BCUT2D eigenvalue weighted by molar-refractivity contribution is -0.117. The molecule has 0 fully saturated rings. The van der Waals surface area contributed by atoms with E-state index < -0.39 is 10.0 Å². The van der Waals surface area contributed by atoms with E-state index in [0.29, 0.717) is 17.9 Å². The summed E-state index contributed by atoms with van der Waals surface area (Å²) < 4.78 is 32.5. The van der Waals surface area contributed by atoms with Crippen molar-refractivity contribution in [3.8, 4) is 5.75 Å². The predicted molar refractivity (Wildman–Crippen MR) is 100 cm³/mol. The maximum absolute atomic E-state index is 12.6. The molecule has 6 nitrogen and oxygen atoms in total. The molecule has 0 atom stereocenters. The number of fused-ring (bicyclic) bond motifs is 1. The highest BCUT2D eigenvalue weighted by Gasteiger charge is 2.24. The molecule has 0 aromatic heterocycles. The lowest BCUT2D eigenvalue weighted by Crippen LogP contribution is -2.42. The molecule has 1 amide bonds. The molecule has 0 saturated carbocycles. The van der Waals surface area contributed by atoms with E-state index in [-0.39, 0.29) is 17.3 Å². The SMILES string of the molecule is COc1ccc(S(=O)(=O)NCC(=O)N2CCCc3ccccc32)cc1C. The fourth-order valence-electron chi connectivity index (χ4n) is 3.15. The molecule has 0 radical (unpaired) electrons. The van der Waals surface area contributed by atoms with Gasteiger partial charge in [-0.3, -0.25) is 4.79 Å². The van der Waals surface area contributed by atoms with Crippen molar-refractivity contribution in [1.29, 1.82) is 0 Å². The number of ether oxygens (including phenoxy) is 1. The number of amides is 1. The molecule has 3 rings (SSSR count). The molecule has 1 aliphatic heterocycles. The summed E-state index contributed by atoms with van der Waals surface area (Å²) in [6.07, 6.45) is 1.80. The number of carbonyl (C=O) groups is 1. The molecular weight excluding hydrogens is 352 g/mol. The smallest absolute Gasteiger partial charge is 0.242 e. The largest absolute Gasteiger partial charge is 0.496 e. The van der Waals surface area contributed by atoms with Crippen LogP contribution in [0.25, 0.3) is 0 Å². The molecule has 2 aromatic carbocycles. The van der Waals surface area contributed by atoms with Crippen LogP contribution in [0.15, 0.2) is 47.4 Å². The fourth-order valence-corrected chi connectivity index (χ4v) is 4.21. The predicted octanol–water partition coefficient (Wildman–Crippen LogP) is 2.26. The van der Waals surface area contributed by atoms with E-state index in [4.69, 9.17) is 4.74 Å². The Kier molecular flexibility index (Phi) is 5.29. The van der Waals surface area contributed by atoms with Crippen LogP contribution in [0.2, 0.25) is 0 Å². The molecule has 1 heterocycles. The van der Waals surface area contributed by atoms with E-state index in [1.54, 1.807) is 17.9 Å². The minimum Gasteiger partial charge on any atom is -0.496 e. The van der Waals surface area contributed by atoms with Gasteiger partial charge in [0.15, 0.2) is 0 Å². The fraction of sp³-hybridized carbons (Fsp3) is 0.316. The first-order valence-corrected chi connectivity index (χ1v) is 9.93. The van der Waals surface area contributed by atoms with Gasteiger partial charge in [-0.05, 0) is 55.2 Å². The number of para-hydroxylation sites is 1. The highest BCUT2D eigenvalue weighted by molar-refractivity contribution is 7.89. The lowest BCUT2D eigenvalue weighted by atomic mass is 10.0. The maximum atomic E-state index is 12.6.